The highest BCUT2D eigenvalue weighted by Crippen LogP contribution is 2.27. The largest absolute Gasteiger partial charge is 0.481 e. The summed E-state index contributed by atoms with van der Waals surface area (Å²) in [5, 5.41) is 13.7. The van der Waals surface area contributed by atoms with Gasteiger partial charge in [0.1, 0.15) is 5.75 Å². The molecule has 136 valence electrons. The highest BCUT2D eigenvalue weighted by molar-refractivity contribution is 5.95. The molecule has 1 aliphatic carbocycles. The zero-order chi connectivity index (χ0) is 18.7. The molecule has 6 heteroatoms. The van der Waals surface area contributed by atoms with Gasteiger partial charge in [-0.3, -0.25) is 14.9 Å². The lowest BCUT2D eigenvalue weighted by molar-refractivity contribution is -0.385. The van der Waals surface area contributed by atoms with Crippen molar-refractivity contribution in [2.45, 2.75) is 45.6 Å². The van der Waals surface area contributed by atoms with Crippen molar-refractivity contribution in [2.24, 2.45) is 0 Å². The number of anilines is 1. The van der Waals surface area contributed by atoms with Crippen LogP contribution in [0.4, 0.5) is 11.4 Å². The first kappa shape index (κ1) is 17.9. The molecule has 1 N–H and O–H groups in total. The van der Waals surface area contributed by atoms with Crippen LogP contribution in [0.5, 0.6) is 5.75 Å². The molecule has 0 heterocycles. The summed E-state index contributed by atoms with van der Waals surface area (Å²) in [6, 6.07) is 10.6. The van der Waals surface area contributed by atoms with E-state index in [1.54, 1.807) is 26.0 Å². The van der Waals surface area contributed by atoms with Crippen LogP contribution in [-0.4, -0.2) is 16.9 Å². The number of rotatable bonds is 5. The van der Waals surface area contributed by atoms with Crippen LogP contribution in [-0.2, 0) is 17.6 Å². The molecule has 0 fully saturated rings. The SMILES string of the molecule is Cc1c(NC(=O)[C@@H](C)Oc2ccc3c(c2)CCCC3)cccc1[N+](=O)[O-]. The molecule has 2 aromatic rings. The van der Waals surface area contributed by atoms with Gasteiger partial charge >= 0.3 is 0 Å². The van der Waals surface area contributed by atoms with Gasteiger partial charge in [-0.05, 0) is 68.9 Å². The Hall–Kier alpha value is -2.89. The van der Waals surface area contributed by atoms with Crippen LogP contribution < -0.4 is 10.1 Å². The summed E-state index contributed by atoms with van der Waals surface area (Å²) in [5.41, 5.74) is 3.46. The lowest BCUT2D eigenvalue weighted by atomic mass is 9.92. The van der Waals surface area contributed by atoms with Crippen molar-refractivity contribution in [1.82, 2.24) is 0 Å². The minimum atomic E-state index is -0.713. The molecule has 3 rings (SSSR count). The lowest BCUT2D eigenvalue weighted by Gasteiger charge is -2.19. The molecule has 0 saturated heterocycles. The molecule has 6 nitrogen and oxygen atoms in total. The minimum absolute atomic E-state index is 0.0222. The van der Waals surface area contributed by atoms with Gasteiger partial charge in [-0.15, -0.1) is 0 Å². The molecule has 0 unspecified atom stereocenters. The second-order valence-electron chi connectivity index (χ2n) is 6.59. The number of fused-ring (bicyclic) bond motifs is 1. The van der Waals surface area contributed by atoms with E-state index in [4.69, 9.17) is 4.74 Å². The van der Waals surface area contributed by atoms with Crippen molar-refractivity contribution in [3.63, 3.8) is 0 Å². The third kappa shape index (κ3) is 3.85. The predicted octanol–water partition coefficient (Wildman–Crippen LogP) is 4.19. The third-order valence-electron chi connectivity index (χ3n) is 4.76. The monoisotopic (exact) mass is 354 g/mol. The van der Waals surface area contributed by atoms with Crippen LogP contribution in [0.15, 0.2) is 36.4 Å². The van der Waals surface area contributed by atoms with Gasteiger partial charge in [-0.2, -0.15) is 0 Å². The number of benzene rings is 2. The summed E-state index contributed by atoms with van der Waals surface area (Å²) in [7, 11) is 0. The molecule has 0 radical (unpaired) electrons. The van der Waals surface area contributed by atoms with Crippen LogP contribution in [0, 0.1) is 17.0 Å². The van der Waals surface area contributed by atoms with E-state index in [2.05, 4.69) is 11.4 Å². The van der Waals surface area contributed by atoms with E-state index in [0.29, 0.717) is 17.0 Å². The van der Waals surface area contributed by atoms with Crippen LogP contribution in [0.3, 0.4) is 0 Å². The van der Waals surface area contributed by atoms with Gasteiger partial charge in [0.25, 0.3) is 11.6 Å². The predicted molar refractivity (Wildman–Crippen MR) is 99.6 cm³/mol. The van der Waals surface area contributed by atoms with Gasteiger partial charge in [0.2, 0.25) is 0 Å². The highest BCUT2D eigenvalue weighted by atomic mass is 16.6. The molecule has 0 aliphatic heterocycles. The standard InChI is InChI=1S/C20H22N2O4/c1-13-18(8-5-9-19(13)22(24)25)21-20(23)14(2)26-17-11-10-15-6-3-4-7-16(15)12-17/h5,8-12,14H,3-4,6-7H2,1-2H3,(H,21,23)/t14-/m1/s1. The van der Waals surface area contributed by atoms with Crippen molar-refractivity contribution in [3.05, 3.63) is 63.2 Å². The number of amides is 1. The van der Waals surface area contributed by atoms with Crippen molar-refractivity contribution in [2.75, 3.05) is 5.32 Å². The van der Waals surface area contributed by atoms with E-state index in [1.165, 1.54) is 30.0 Å². The molecule has 1 aliphatic rings. The van der Waals surface area contributed by atoms with Crippen LogP contribution in [0.1, 0.15) is 36.5 Å². The van der Waals surface area contributed by atoms with Crippen LogP contribution >= 0.6 is 0 Å². The first-order valence-electron chi connectivity index (χ1n) is 8.79. The molecule has 1 atom stereocenters. The zero-order valence-electron chi connectivity index (χ0n) is 15.0. The van der Waals surface area contributed by atoms with E-state index in [9.17, 15) is 14.9 Å². The number of carbonyl (C=O) groups excluding carboxylic acids is 1. The number of nitrogens with one attached hydrogen (secondary N) is 1. The van der Waals surface area contributed by atoms with Crippen LogP contribution in [0.25, 0.3) is 0 Å². The molecule has 2 aromatic carbocycles. The third-order valence-corrected chi connectivity index (χ3v) is 4.76. The average Bonchev–Trinajstić information content (AvgIpc) is 2.63. The first-order valence-corrected chi connectivity index (χ1v) is 8.79. The van der Waals surface area contributed by atoms with Gasteiger partial charge in [-0.1, -0.05) is 12.1 Å². The summed E-state index contributed by atoms with van der Waals surface area (Å²) < 4.78 is 5.79. The molecular weight excluding hydrogens is 332 g/mol. The van der Waals surface area contributed by atoms with Crippen molar-refractivity contribution in [3.8, 4) is 5.75 Å². The fraction of sp³-hybridized carbons (Fsp3) is 0.350. The molecule has 0 bridgehead atoms. The molecule has 0 spiro atoms. The van der Waals surface area contributed by atoms with Crippen molar-refractivity contribution >= 4 is 17.3 Å². The normalized spacial score (nSPS) is 14.2. The van der Waals surface area contributed by atoms with Gasteiger partial charge in [-0.25, -0.2) is 0 Å². The van der Waals surface area contributed by atoms with E-state index < -0.39 is 11.0 Å². The summed E-state index contributed by atoms with van der Waals surface area (Å²) in [6.07, 6.45) is 3.82. The fourth-order valence-electron chi connectivity index (χ4n) is 3.23. The number of hydrogen-bond acceptors (Lipinski definition) is 4. The number of hydrogen-bond donors (Lipinski definition) is 1. The maximum atomic E-state index is 12.4. The average molecular weight is 354 g/mol. The van der Waals surface area contributed by atoms with E-state index >= 15 is 0 Å². The Morgan fingerprint density at radius 2 is 1.92 bits per heavy atom. The Balaban J connectivity index is 1.69. The van der Waals surface area contributed by atoms with Crippen molar-refractivity contribution in [1.29, 1.82) is 0 Å². The molecule has 0 saturated carbocycles. The summed E-state index contributed by atoms with van der Waals surface area (Å²) in [6.45, 7) is 3.28. The Kier molecular flexibility index (Phi) is 5.21. The maximum Gasteiger partial charge on any atom is 0.274 e. The Bertz CT molecular complexity index is 848. The zero-order valence-corrected chi connectivity index (χ0v) is 15.0. The molecule has 26 heavy (non-hydrogen) atoms. The molecular formula is C20H22N2O4. The second kappa shape index (κ2) is 7.56. The van der Waals surface area contributed by atoms with Crippen LogP contribution in [0.2, 0.25) is 0 Å². The molecule has 1 amide bonds. The number of ether oxygens (including phenoxy) is 1. The maximum absolute atomic E-state index is 12.4. The summed E-state index contributed by atoms with van der Waals surface area (Å²) in [5.74, 6) is 0.329. The minimum Gasteiger partial charge on any atom is -0.481 e. The summed E-state index contributed by atoms with van der Waals surface area (Å²) >= 11 is 0. The number of nitro benzene ring substituents is 1. The quantitative estimate of drug-likeness (QED) is 0.645. The molecule has 0 aromatic heterocycles. The lowest BCUT2D eigenvalue weighted by Crippen LogP contribution is -2.30. The first-order chi connectivity index (χ1) is 12.5. The van der Waals surface area contributed by atoms with Crippen molar-refractivity contribution < 1.29 is 14.5 Å². The van der Waals surface area contributed by atoms with Gasteiger partial charge in [0.05, 0.1) is 16.2 Å². The number of nitrogens with zero attached hydrogens (tertiary/aromatic N) is 1. The van der Waals surface area contributed by atoms with Gasteiger partial charge in [0.15, 0.2) is 6.10 Å². The number of aryl methyl sites for hydroxylation is 2. The van der Waals surface area contributed by atoms with E-state index in [1.807, 2.05) is 12.1 Å². The Morgan fingerprint density at radius 1 is 1.19 bits per heavy atom. The Labute approximate surface area is 152 Å². The fourth-order valence-corrected chi connectivity index (χ4v) is 3.23. The van der Waals surface area contributed by atoms with Gasteiger partial charge < -0.3 is 10.1 Å². The van der Waals surface area contributed by atoms with E-state index in [-0.39, 0.29) is 11.6 Å². The second-order valence-corrected chi connectivity index (χ2v) is 6.59. The van der Waals surface area contributed by atoms with E-state index in [0.717, 1.165) is 12.8 Å². The highest BCUT2D eigenvalue weighted by Gasteiger charge is 2.20. The topological polar surface area (TPSA) is 81.5 Å². The van der Waals surface area contributed by atoms with Gasteiger partial charge in [0, 0.05) is 6.07 Å². The smallest absolute Gasteiger partial charge is 0.274 e. The Morgan fingerprint density at radius 3 is 2.65 bits per heavy atom. The number of nitro groups is 1. The number of carbonyl (C=O) groups is 1. The summed E-state index contributed by atoms with van der Waals surface area (Å²) in [4.78, 5) is 23.0.